The van der Waals surface area contributed by atoms with Crippen molar-refractivity contribution in [3.8, 4) is 11.5 Å². The van der Waals surface area contributed by atoms with E-state index < -0.39 is 0 Å². The summed E-state index contributed by atoms with van der Waals surface area (Å²) < 4.78 is 13.6. The fourth-order valence-corrected chi connectivity index (χ4v) is 4.33. The number of hydrogen-bond acceptors (Lipinski definition) is 4. The van der Waals surface area contributed by atoms with E-state index in [2.05, 4.69) is 19.1 Å². The smallest absolute Gasteiger partial charge is 0.261 e. The summed E-state index contributed by atoms with van der Waals surface area (Å²) in [6.07, 6.45) is 3.87. The Balaban J connectivity index is 1.65. The zero-order valence-corrected chi connectivity index (χ0v) is 17.1. The van der Waals surface area contributed by atoms with Crippen LogP contribution < -0.4 is 15.0 Å². The minimum Gasteiger partial charge on any atom is -0.493 e. The Hall–Kier alpha value is -2.79. The standard InChI is InChI=1S/C23H21ClN2O3/c1-3-28-20-10-15-8-13(2)29-21(15)11-16(20)9-14-6-7-26-22(14)25-19-12-17(24)4-5-18(19)23(26)27/h4-5,9-13H,3,6-8H2,1-2H3/b14-9+/t13-/m1/s1. The Morgan fingerprint density at radius 1 is 1.34 bits per heavy atom. The van der Waals surface area contributed by atoms with Crippen LogP contribution in [-0.4, -0.2) is 22.3 Å². The first-order valence-corrected chi connectivity index (χ1v) is 10.3. The summed E-state index contributed by atoms with van der Waals surface area (Å²) in [5.41, 5.74) is 3.73. The normalized spacial score (nSPS) is 18.7. The number of benzene rings is 2. The molecular formula is C23H21ClN2O3. The number of ether oxygens (including phenoxy) is 2. The van der Waals surface area contributed by atoms with Crippen molar-refractivity contribution in [2.24, 2.45) is 0 Å². The average Bonchev–Trinajstić information content (AvgIpc) is 3.24. The van der Waals surface area contributed by atoms with Gasteiger partial charge >= 0.3 is 0 Å². The molecule has 0 fully saturated rings. The van der Waals surface area contributed by atoms with Gasteiger partial charge in [-0.25, -0.2) is 4.98 Å². The topological polar surface area (TPSA) is 53.4 Å². The van der Waals surface area contributed by atoms with E-state index >= 15 is 0 Å². The van der Waals surface area contributed by atoms with E-state index in [1.165, 1.54) is 5.56 Å². The quantitative estimate of drug-likeness (QED) is 0.629. The highest BCUT2D eigenvalue weighted by atomic mass is 35.5. The molecule has 5 nitrogen and oxygen atoms in total. The molecule has 0 saturated carbocycles. The maximum Gasteiger partial charge on any atom is 0.261 e. The summed E-state index contributed by atoms with van der Waals surface area (Å²) in [6.45, 7) is 5.25. The van der Waals surface area contributed by atoms with Crippen LogP contribution in [0.4, 0.5) is 0 Å². The number of halogens is 1. The summed E-state index contributed by atoms with van der Waals surface area (Å²) in [7, 11) is 0. The van der Waals surface area contributed by atoms with Gasteiger partial charge < -0.3 is 9.47 Å². The summed E-state index contributed by atoms with van der Waals surface area (Å²) in [6, 6.07) is 9.32. The zero-order chi connectivity index (χ0) is 20.1. The maximum atomic E-state index is 12.9. The summed E-state index contributed by atoms with van der Waals surface area (Å²) >= 11 is 6.12. The fourth-order valence-electron chi connectivity index (χ4n) is 4.16. The van der Waals surface area contributed by atoms with Crippen molar-refractivity contribution in [3.05, 3.63) is 62.7 Å². The number of nitrogens with zero attached hydrogens (tertiary/aromatic N) is 2. The first-order chi connectivity index (χ1) is 14.0. The molecule has 0 aliphatic carbocycles. The molecule has 2 aliphatic rings. The molecule has 29 heavy (non-hydrogen) atoms. The number of allylic oxidation sites excluding steroid dienone is 1. The van der Waals surface area contributed by atoms with E-state index in [-0.39, 0.29) is 11.7 Å². The molecule has 0 spiro atoms. The Morgan fingerprint density at radius 3 is 3.03 bits per heavy atom. The average molecular weight is 409 g/mol. The van der Waals surface area contributed by atoms with Crippen molar-refractivity contribution < 1.29 is 9.47 Å². The van der Waals surface area contributed by atoms with Gasteiger partial charge in [0.15, 0.2) is 0 Å². The van der Waals surface area contributed by atoms with E-state index in [0.717, 1.165) is 35.5 Å². The third kappa shape index (κ3) is 3.10. The van der Waals surface area contributed by atoms with Gasteiger partial charge in [-0.3, -0.25) is 9.36 Å². The van der Waals surface area contributed by atoms with E-state index in [1.54, 1.807) is 22.8 Å². The predicted molar refractivity (Wildman–Crippen MR) is 115 cm³/mol. The molecule has 2 aromatic carbocycles. The van der Waals surface area contributed by atoms with Crippen molar-refractivity contribution in [2.75, 3.05) is 6.61 Å². The van der Waals surface area contributed by atoms with Gasteiger partial charge in [0.2, 0.25) is 0 Å². The Kier molecular flexibility index (Phi) is 4.36. The van der Waals surface area contributed by atoms with Crippen LogP contribution in [0.2, 0.25) is 5.02 Å². The fraction of sp³-hybridized carbons (Fsp3) is 0.304. The Labute approximate surface area is 173 Å². The van der Waals surface area contributed by atoms with Crippen LogP contribution in [0, 0.1) is 0 Å². The molecule has 1 aromatic heterocycles. The van der Waals surface area contributed by atoms with Gasteiger partial charge in [0.1, 0.15) is 23.4 Å². The first kappa shape index (κ1) is 18.3. The van der Waals surface area contributed by atoms with E-state index in [9.17, 15) is 4.79 Å². The highest BCUT2D eigenvalue weighted by Gasteiger charge is 2.24. The van der Waals surface area contributed by atoms with Crippen LogP contribution in [0.25, 0.3) is 22.6 Å². The van der Waals surface area contributed by atoms with Crippen molar-refractivity contribution in [3.63, 3.8) is 0 Å². The highest BCUT2D eigenvalue weighted by molar-refractivity contribution is 6.31. The minimum atomic E-state index is -0.0267. The molecule has 0 radical (unpaired) electrons. The van der Waals surface area contributed by atoms with E-state index in [4.69, 9.17) is 26.1 Å². The lowest BCUT2D eigenvalue weighted by Crippen LogP contribution is -2.20. The minimum absolute atomic E-state index is 0.0267. The second-order valence-electron chi connectivity index (χ2n) is 7.54. The number of hydrogen-bond donors (Lipinski definition) is 0. The van der Waals surface area contributed by atoms with Crippen LogP contribution in [0.15, 0.2) is 35.1 Å². The van der Waals surface area contributed by atoms with Crippen LogP contribution in [0.5, 0.6) is 11.5 Å². The lowest BCUT2D eigenvalue weighted by molar-refractivity contribution is 0.254. The molecule has 3 heterocycles. The molecule has 0 saturated heterocycles. The molecule has 0 bridgehead atoms. The van der Waals surface area contributed by atoms with Gasteiger partial charge in [-0.1, -0.05) is 11.6 Å². The van der Waals surface area contributed by atoms with Gasteiger partial charge in [-0.15, -0.1) is 0 Å². The van der Waals surface area contributed by atoms with Crippen molar-refractivity contribution in [2.45, 2.75) is 39.3 Å². The van der Waals surface area contributed by atoms with Crippen LogP contribution in [0.1, 0.15) is 37.2 Å². The second kappa shape index (κ2) is 6.92. The van der Waals surface area contributed by atoms with Crippen LogP contribution >= 0.6 is 11.6 Å². The number of fused-ring (bicyclic) bond motifs is 3. The predicted octanol–water partition coefficient (Wildman–Crippen LogP) is 4.72. The maximum absolute atomic E-state index is 12.9. The molecule has 0 amide bonds. The summed E-state index contributed by atoms with van der Waals surface area (Å²) in [4.78, 5) is 17.6. The molecular weight excluding hydrogens is 388 g/mol. The first-order valence-electron chi connectivity index (χ1n) is 9.91. The zero-order valence-electron chi connectivity index (χ0n) is 16.4. The summed E-state index contributed by atoms with van der Waals surface area (Å²) in [5, 5.41) is 1.16. The van der Waals surface area contributed by atoms with Crippen molar-refractivity contribution in [1.82, 2.24) is 9.55 Å². The molecule has 6 heteroatoms. The molecule has 0 unspecified atom stereocenters. The highest BCUT2D eigenvalue weighted by Crippen LogP contribution is 2.38. The number of aromatic nitrogens is 2. The van der Waals surface area contributed by atoms with E-state index in [1.807, 2.05) is 13.0 Å². The third-order valence-corrected chi connectivity index (χ3v) is 5.70. The molecule has 3 aromatic rings. The lowest BCUT2D eigenvalue weighted by atomic mass is 10.0. The van der Waals surface area contributed by atoms with Gasteiger partial charge in [0.25, 0.3) is 5.56 Å². The Morgan fingerprint density at radius 2 is 2.21 bits per heavy atom. The van der Waals surface area contributed by atoms with E-state index in [0.29, 0.717) is 34.9 Å². The van der Waals surface area contributed by atoms with Gasteiger partial charge in [-0.2, -0.15) is 0 Å². The summed E-state index contributed by atoms with van der Waals surface area (Å²) in [5.74, 6) is 2.43. The van der Waals surface area contributed by atoms with Crippen LogP contribution in [0.3, 0.4) is 0 Å². The number of rotatable bonds is 3. The largest absolute Gasteiger partial charge is 0.493 e. The molecule has 5 rings (SSSR count). The van der Waals surface area contributed by atoms with Gasteiger partial charge in [0, 0.05) is 29.1 Å². The molecule has 1 atom stereocenters. The SMILES string of the molecule is CCOc1cc2c(cc1/C=C1\CCn3c1nc1cc(Cl)ccc1c3=O)O[C@H](C)C2. The van der Waals surface area contributed by atoms with Gasteiger partial charge in [-0.05, 0) is 62.2 Å². The van der Waals surface area contributed by atoms with Crippen molar-refractivity contribution in [1.29, 1.82) is 0 Å². The lowest BCUT2D eigenvalue weighted by Gasteiger charge is -2.11. The van der Waals surface area contributed by atoms with Crippen LogP contribution in [-0.2, 0) is 13.0 Å². The van der Waals surface area contributed by atoms with Crippen molar-refractivity contribution >= 4 is 34.2 Å². The monoisotopic (exact) mass is 408 g/mol. The Bertz CT molecular complexity index is 1230. The van der Waals surface area contributed by atoms with Gasteiger partial charge in [0.05, 0.1) is 17.5 Å². The molecule has 148 valence electrons. The molecule has 0 N–H and O–H groups in total. The second-order valence-corrected chi connectivity index (χ2v) is 7.97. The molecule has 2 aliphatic heterocycles. The third-order valence-electron chi connectivity index (χ3n) is 5.47.